The van der Waals surface area contributed by atoms with E-state index in [2.05, 4.69) is 28.3 Å². The first-order valence-corrected chi connectivity index (χ1v) is 13.2. The lowest BCUT2D eigenvalue weighted by atomic mass is 9.83. The lowest BCUT2D eigenvalue weighted by Crippen LogP contribution is -2.54. The number of nitriles is 1. The smallest absolute Gasteiger partial charge is 0.243 e. The Morgan fingerprint density at radius 2 is 1.88 bits per heavy atom. The van der Waals surface area contributed by atoms with Gasteiger partial charge < -0.3 is 29.7 Å². The van der Waals surface area contributed by atoms with Crippen molar-refractivity contribution in [3.8, 4) is 28.8 Å². The molecule has 2 aromatic heterocycles. The van der Waals surface area contributed by atoms with Crippen LogP contribution >= 0.6 is 23.2 Å². The zero-order valence-corrected chi connectivity index (χ0v) is 23.6. The predicted octanol–water partition coefficient (Wildman–Crippen LogP) is 3.85. The minimum Gasteiger partial charge on any atom is -0.495 e. The number of anilines is 2. The van der Waals surface area contributed by atoms with Crippen LogP contribution in [0, 0.1) is 16.7 Å². The monoisotopic (exact) mass is 583 g/mol. The summed E-state index contributed by atoms with van der Waals surface area (Å²) in [6, 6.07) is 5.25. The van der Waals surface area contributed by atoms with E-state index in [0.717, 1.165) is 0 Å². The van der Waals surface area contributed by atoms with Crippen molar-refractivity contribution in [3.63, 3.8) is 0 Å². The molecule has 3 aromatic rings. The Morgan fingerprint density at radius 3 is 2.50 bits per heavy atom. The van der Waals surface area contributed by atoms with Gasteiger partial charge in [0, 0.05) is 36.3 Å². The molecule has 0 bridgehead atoms. The molecule has 13 heteroatoms. The molecule has 2 N–H and O–H groups in total. The SMILES string of the molecule is C=CC(=O)N[C@H]1COC[C@H]1Nc1ncc2cc(-c3c(Cl)c(OC)cc(OC)c3Cl)nc(N3CC(C)(C#N)C3)c2n1. The summed E-state index contributed by atoms with van der Waals surface area (Å²) in [6.45, 7) is 7.06. The number of methoxy groups -OCH3 is 2. The Kier molecular flexibility index (Phi) is 7.59. The number of rotatable bonds is 8. The van der Waals surface area contributed by atoms with Crippen molar-refractivity contribution in [2.24, 2.45) is 5.41 Å². The Morgan fingerprint density at radius 1 is 1.20 bits per heavy atom. The summed E-state index contributed by atoms with van der Waals surface area (Å²) in [5.74, 6) is 1.38. The largest absolute Gasteiger partial charge is 0.495 e. The van der Waals surface area contributed by atoms with Gasteiger partial charge in [0.05, 0.1) is 66.7 Å². The van der Waals surface area contributed by atoms with Crippen LogP contribution in [0.25, 0.3) is 22.2 Å². The zero-order valence-electron chi connectivity index (χ0n) is 22.1. The van der Waals surface area contributed by atoms with Crippen LogP contribution in [-0.4, -0.2) is 73.5 Å². The minimum atomic E-state index is -0.510. The summed E-state index contributed by atoms with van der Waals surface area (Å²) in [7, 11) is 3.01. The first-order valence-electron chi connectivity index (χ1n) is 12.4. The van der Waals surface area contributed by atoms with Crippen molar-refractivity contribution in [1.29, 1.82) is 5.26 Å². The van der Waals surface area contributed by atoms with Crippen LogP contribution in [-0.2, 0) is 9.53 Å². The van der Waals surface area contributed by atoms with Gasteiger partial charge in [0.25, 0.3) is 0 Å². The normalized spacial score (nSPS) is 19.4. The third-order valence-electron chi connectivity index (χ3n) is 6.93. The van der Waals surface area contributed by atoms with Crippen LogP contribution < -0.4 is 25.0 Å². The maximum Gasteiger partial charge on any atom is 0.243 e. The second kappa shape index (κ2) is 11.0. The highest BCUT2D eigenvalue weighted by molar-refractivity contribution is 6.41. The second-order valence-corrected chi connectivity index (χ2v) is 10.6. The molecule has 2 aliphatic rings. The van der Waals surface area contributed by atoms with Crippen LogP contribution in [0.1, 0.15) is 6.92 Å². The van der Waals surface area contributed by atoms with Crippen molar-refractivity contribution in [1.82, 2.24) is 20.3 Å². The highest BCUT2D eigenvalue weighted by Gasteiger charge is 2.41. The number of hydrogen-bond acceptors (Lipinski definition) is 10. The van der Waals surface area contributed by atoms with E-state index in [-0.39, 0.29) is 28.0 Å². The van der Waals surface area contributed by atoms with Gasteiger partial charge in [0.2, 0.25) is 11.9 Å². The number of nitrogens with one attached hydrogen (secondary N) is 2. The first-order chi connectivity index (χ1) is 19.2. The average molecular weight is 584 g/mol. The quantitative estimate of drug-likeness (QED) is 0.376. The minimum absolute atomic E-state index is 0.246. The Labute approximate surface area is 241 Å². The van der Waals surface area contributed by atoms with Crippen molar-refractivity contribution < 1.29 is 19.0 Å². The topological polar surface area (TPSA) is 135 Å². The van der Waals surface area contributed by atoms with Crippen LogP contribution in [0.5, 0.6) is 11.5 Å². The number of nitrogens with zero attached hydrogens (tertiary/aromatic N) is 5. The fourth-order valence-corrected chi connectivity index (χ4v) is 5.51. The van der Waals surface area contributed by atoms with E-state index < -0.39 is 5.41 Å². The highest BCUT2D eigenvalue weighted by Crippen LogP contribution is 2.47. The molecule has 2 fully saturated rings. The second-order valence-electron chi connectivity index (χ2n) is 9.88. The Balaban J connectivity index is 1.59. The molecule has 2 atom stereocenters. The molecule has 5 rings (SSSR count). The molecule has 2 saturated heterocycles. The van der Waals surface area contributed by atoms with Gasteiger partial charge in [0.1, 0.15) is 17.0 Å². The Hall–Kier alpha value is -3.85. The van der Waals surface area contributed by atoms with Gasteiger partial charge in [-0.2, -0.15) is 5.26 Å². The third-order valence-corrected chi connectivity index (χ3v) is 7.68. The average Bonchev–Trinajstić information content (AvgIpc) is 3.37. The number of carbonyl (C=O) groups is 1. The summed E-state index contributed by atoms with van der Waals surface area (Å²) in [5, 5.41) is 17.0. The molecule has 4 heterocycles. The van der Waals surface area contributed by atoms with Gasteiger partial charge in [-0.1, -0.05) is 29.8 Å². The summed E-state index contributed by atoms with van der Waals surface area (Å²) < 4.78 is 16.4. The third kappa shape index (κ3) is 5.06. The van der Waals surface area contributed by atoms with Crippen molar-refractivity contribution in [2.75, 3.05) is 50.7 Å². The van der Waals surface area contributed by atoms with Gasteiger partial charge in [0.15, 0.2) is 5.82 Å². The number of benzene rings is 1. The van der Waals surface area contributed by atoms with Gasteiger partial charge >= 0.3 is 0 Å². The summed E-state index contributed by atoms with van der Waals surface area (Å²) in [4.78, 5) is 28.1. The summed E-state index contributed by atoms with van der Waals surface area (Å²) in [5.41, 5.74) is 0.983. The molecule has 0 aliphatic carbocycles. The molecule has 0 spiro atoms. The number of aromatic nitrogens is 3. The summed E-state index contributed by atoms with van der Waals surface area (Å²) >= 11 is 13.4. The maximum atomic E-state index is 11.8. The van der Waals surface area contributed by atoms with E-state index >= 15 is 0 Å². The molecular weight excluding hydrogens is 557 g/mol. The van der Waals surface area contributed by atoms with Crippen molar-refractivity contribution in [2.45, 2.75) is 19.0 Å². The number of halogens is 2. The van der Waals surface area contributed by atoms with Crippen molar-refractivity contribution >= 4 is 51.8 Å². The van der Waals surface area contributed by atoms with E-state index in [1.807, 2.05) is 11.8 Å². The number of fused-ring (bicyclic) bond motifs is 1. The molecule has 11 nitrogen and oxygen atoms in total. The number of pyridine rings is 1. The fraction of sp³-hybridized carbons (Fsp3) is 0.370. The van der Waals surface area contributed by atoms with Crippen LogP contribution in [0.2, 0.25) is 10.0 Å². The van der Waals surface area contributed by atoms with Crippen LogP contribution in [0.15, 0.2) is 31.0 Å². The predicted molar refractivity (Wildman–Crippen MR) is 152 cm³/mol. The van der Waals surface area contributed by atoms with Crippen LogP contribution in [0.4, 0.5) is 11.8 Å². The molecular formula is C27H27Cl2N7O4. The molecule has 2 aliphatic heterocycles. The molecule has 208 valence electrons. The number of carbonyl (C=O) groups excluding carboxylic acids is 1. The van der Waals surface area contributed by atoms with E-state index in [1.165, 1.54) is 20.3 Å². The van der Waals surface area contributed by atoms with Gasteiger partial charge in [-0.05, 0) is 19.1 Å². The molecule has 0 unspecified atom stereocenters. The lowest BCUT2D eigenvalue weighted by molar-refractivity contribution is -0.117. The molecule has 1 amide bonds. The van der Waals surface area contributed by atoms with E-state index in [9.17, 15) is 10.1 Å². The first kappa shape index (κ1) is 27.7. The maximum absolute atomic E-state index is 11.8. The van der Waals surface area contributed by atoms with E-state index in [4.69, 9.17) is 47.4 Å². The van der Waals surface area contributed by atoms with Gasteiger partial charge in [-0.15, -0.1) is 0 Å². The van der Waals surface area contributed by atoms with E-state index in [0.29, 0.717) is 71.7 Å². The van der Waals surface area contributed by atoms with Gasteiger partial charge in [-0.25, -0.2) is 15.0 Å². The van der Waals surface area contributed by atoms with Gasteiger partial charge in [-0.3, -0.25) is 4.79 Å². The zero-order chi connectivity index (χ0) is 28.6. The van der Waals surface area contributed by atoms with Crippen LogP contribution in [0.3, 0.4) is 0 Å². The number of amides is 1. The van der Waals surface area contributed by atoms with Crippen molar-refractivity contribution in [3.05, 3.63) is 41.0 Å². The molecule has 1 aromatic carbocycles. The number of hydrogen-bond donors (Lipinski definition) is 2. The molecule has 40 heavy (non-hydrogen) atoms. The molecule has 0 saturated carbocycles. The summed E-state index contributed by atoms with van der Waals surface area (Å²) in [6.07, 6.45) is 2.89. The highest BCUT2D eigenvalue weighted by atomic mass is 35.5. The Bertz CT molecular complexity index is 1510. The van der Waals surface area contributed by atoms with E-state index in [1.54, 1.807) is 18.3 Å². The number of ether oxygens (including phenoxy) is 3. The lowest BCUT2D eigenvalue weighted by Gasteiger charge is -2.44. The standard InChI is InChI=1S/C27H27Cl2N7O4/c1-5-20(37)32-16-9-40-10-17(16)34-26-31-8-14-6-15(21-22(28)18(38-3)7-19(39-4)23(21)29)33-25(24(14)35-26)36-12-27(2,11-30)13-36/h5-8,16-17H,1,9-10,12-13H2,2-4H3,(H,32,37)(H,31,34,35)/t16-,17+/m0/s1. The fourth-order valence-electron chi connectivity index (χ4n) is 4.81. The molecule has 0 radical (unpaired) electrons.